The van der Waals surface area contributed by atoms with Gasteiger partial charge in [0, 0.05) is 38.3 Å². The van der Waals surface area contributed by atoms with E-state index in [9.17, 15) is 4.79 Å². The highest BCUT2D eigenvalue weighted by Gasteiger charge is 2.42. The van der Waals surface area contributed by atoms with Gasteiger partial charge in [0.2, 0.25) is 0 Å². The lowest BCUT2D eigenvalue weighted by Crippen LogP contribution is -2.60. The fourth-order valence-corrected chi connectivity index (χ4v) is 4.86. The number of piperazine rings is 1. The summed E-state index contributed by atoms with van der Waals surface area (Å²) in [5.74, 6) is 0.208. The molecule has 5 nitrogen and oxygen atoms in total. The maximum Gasteiger partial charge on any atom is 0.251 e. The second-order valence-electron chi connectivity index (χ2n) is 8.01. The molecule has 1 aromatic carbocycles. The van der Waals surface area contributed by atoms with E-state index in [0.717, 1.165) is 71.6 Å². The first-order valence-electron chi connectivity index (χ1n) is 10.1. The Morgan fingerprint density at radius 1 is 1.04 bits per heavy atom. The van der Waals surface area contributed by atoms with Crippen molar-refractivity contribution in [3.05, 3.63) is 35.9 Å². The normalized spacial score (nSPS) is 27.6. The lowest BCUT2D eigenvalue weighted by Gasteiger charge is -2.51. The maximum absolute atomic E-state index is 12.7. The standard InChI is InChI=1S/C21H31N3O2/c1-22-11-9-21(10-12-22,18-6-3-2-4-7-18)24-15-13-23(14-16-24)20(25)19-8-5-17-26-19/h2-4,6-7,19H,5,8-17H2,1H3. The van der Waals surface area contributed by atoms with Gasteiger partial charge in [0.1, 0.15) is 6.10 Å². The van der Waals surface area contributed by atoms with E-state index in [1.807, 2.05) is 4.90 Å². The minimum absolute atomic E-state index is 0.118. The van der Waals surface area contributed by atoms with Gasteiger partial charge in [-0.3, -0.25) is 9.69 Å². The molecule has 3 fully saturated rings. The molecule has 4 rings (SSSR count). The number of carbonyl (C=O) groups excluding carboxylic acids is 1. The minimum Gasteiger partial charge on any atom is -0.368 e. The number of piperidine rings is 1. The van der Waals surface area contributed by atoms with Crippen LogP contribution < -0.4 is 0 Å². The number of amides is 1. The predicted molar refractivity (Wildman–Crippen MR) is 102 cm³/mol. The van der Waals surface area contributed by atoms with Crippen molar-refractivity contribution in [1.29, 1.82) is 0 Å². The summed E-state index contributed by atoms with van der Waals surface area (Å²) >= 11 is 0. The van der Waals surface area contributed by atoms with Crippen LogP contribution in [0.4, 0.5) is 0 Å². The number of benzene rings is 1. The number of ether oxygens (including phenoxy) is 1. The Kier molecular flexibility index (Phi) is 5.30. The van der Waals surface area contributed by atoms with Gasteiger partial charge in [0.25, 0.3) is 5.91 Å². The van der Waals surface area contributed by atoms with E-state index in [2.05, 4.69) is 47.2 Å². The van der Waals surface area contributed by atoms with Crippen molar-refractivity contribution < 1.29 is 9.53 Å². The molecule has 5 heteroatoms. The first kappa shape index (κ1) is 18.0. The largest absolute Gasteiger partial charge is 0.368 e. The van der Waals surface area contributed by atoms with Gasteiger partial charge in [0.05, 0.1) is 0 Å². The van der Waals surface area contributed by atoms with Gasteiger partial charge >= 0.3 is 0 Å². The molecule has 1 atom stereocenters. The fraction of sp³-hybridized carbons (Fsp3) is 0.667. The highest BCUT2D eigenvalue weighted by atomic mass is 16.5. The van der Waals surface area contributed by atoms with Crippen molar-refractivity contribution in [2.24, 2.45) is 0 Å². The Hall–Kier alpha value is -1.43. The van der Waals surface area contributed by atoms with E-state index in [-0.39, 0.29) is 17.6 Å². The molecule has 0 spiro atoms. The van der Waals surface area contributed by atoms with Crippen LogP contribution in [0.5, 0.6) is 0 Å². The van der Waals surface area contributed by atoms with Crippen molar-refractivity contribution in [2.45, 2.75) is 37.3 Å². The summed E-state index contributed by atoms with van der Waals surface area (Å²) in [5.41, 5.74) is 1.55. The first-order valence-corrected chi connectivity index (χ1v) is 10.1. The molecule has 0 radical (unpaired) electrons. The van der Waals surface area contributed by atoms with E-state index in [4.69, 9.17) is 4.74 Å². The zero-order valence-corrected chi connectivity index (χ0v) is 15.9. The van der Waals surface area contributed by atoms with Crippen molar-refractivity contribution in [3.63, 3.8) is 0 Å². The Labute approximate surface area is 156 Å². The van der Waals surface area contributed by atoms with Gasteiger partial charge in [-0.2, -0.15) is 0 Å². The monoisotopic (exact) mass is 357 g/mol. The number of nitrogens with zero attached hydrogens (tertiary/aromatic N) is 3. The summed E-state index contributed by atoms with van der Waals surface area (Å²) < 4.78 is 5.60. The summed E-state index contributed by atoms with van der Waals surface area (Å²) in [6.07, 6.45) is 4.04. The van der Waals surface area contributed by atoms with Crippen LogP contribution in [0.15, 0.2) is 30.3 Å². The van der Waals surface area contributed by atoms with Crippen LogP contribution in [0, 0.1) is 0 Å². The van der Waals surface area contributed by atoms with Gasteiger partial charge in [-0.15, -0.1) is 0 Å². The maximum atomic E-state index is 12.7. The summed E-state index contributed by atoms with van der Waals surface area (Å²) in [4.78, 5) is 19.8. The summed E-state index contributed by atoms with van der Waals surface area (Å²) in [6, 6.07) is 11.0. The highest BCUT2D eigenvalue weighted by molar-refractivity contribution is 5.81. The van der Waals surface area contributed by atoms with Crippen molar-refractivity contribution in [2.75, 3.05) is 52.9 Å². The van der Waals surface area contributed by atoms with E-state index in [1.165, 1.54) is 5.56 Å². The molecule has 26 heavy (non-hydrogen) atoms. The molecule has 3 heterocycles. The third kappa shape index (κ3) is 3.40. The number of hydrogen-bond acceptors (Lipinski definition) is 4. The van der Waals surface area contributed by atoms with Crippen LogP contribution in [0.25, 0.3) is 0 Å². The zero-order chi connectivity index (χ0) is 18.0. The molecule has 1 unspecified atom stereocenters. The molecule has 142 valence electrons. The lowest BCUT2D eigenvalue weighted by molar-refractivity contribution is -0.144. The second kappa shape index (κ2) is 7.67. The van der Waals surface area contributed by atoms with Crippen molar-refractivity contribution in [3.8, 4) is 0 Å². The number of rotatable bonds is 3. The van der Waals surface area contributed by atoms with Crippen molar-refractivity contribution >= 4 is 5.91 Å². The van der Waals surface area contributed by atoms with Crippen LogP contribution >= 0.6 is 0 Å². The Morgan fingerprint density at radius 2 is 1.73 bits per heavy atom. The Balaban J connectivity index is 1.47. The fourth-order valence-electron chi connectivity index (χ4n) is 4.86. The average Bonchev–Trinajstić information content (AvgIpc) is 3.24. The highest BCUT2D eigenvalue weighted by Crippen LogP contribution is 2.39. The third-order valence-corrected chi connectivity index (χ3v) is 6.53. The first-order chi connectivity index (χ1) is 12.7. The van der Waals surface area contributed by atoms with E-state index in [1.54, 1.807) is 0 Å². The SMILES string of the molecule is CN1CCC(c2ccccc2)(N2CCN(C(=O)C3CCCO3)CC2)CC1. The van der Waals surface area contributed by atoms with Gasteiger partial charge in [-0.1, -0.05) is 30.3 Å². The third-order valence-electron chi connectivity index (χ3n) is 6.53. The molecule has 0 aliphatic carbocycles. The molecular weight excluding hydrogens is 326 g/mol. The predicted octanol–water partition coefficient (Wildman–Crippen LogP) is 1.93. The number of carbonyl (C=O) groups is 1. The number of hydrogen-bond donors (Lipinski definition) is 0. The summed E-state index contributed by atoms with van der Waals surface area (Å²) in [6.45, 7) is 6.55. The second-order valence-corrected chi connectivity index (χ2v) is 8.01. The Bertz CT molecular complexity index is 599. The van der Waals surface area contributed by atoms with Gasteiger partial charge in [-0.05, 0) is 51.4 Å². The van der Waals surface area contributed by atoms with Crippen LogP contribution in [0.3, 0.4) is 0 Å². The van der Waals surface area contributed by atoms with Crippen LogP contribution in [0.2, 0.25) is 0 Å². The molecule has 1 amide bonds. The Morgan fingerprint density at radius 3 is 2.35 bits per heavy atom. The lowest BCUT2D eigenvalue weighted by atomic mass is 9.79. The van der Waals surface area contributed by atoms with Crippen LogP contribution in [-0.4, -0.2) is 79.6 Å². The van der Waals surface area contributed by atoms with Crippen LogP contribution in [0.1, 0.15) is 31.2 Å². The molecule has 0 aromatic heterocycles. The topological polar surface area (TPSA) is 36.0 Å². The molecular formula is C21H31N3O2. The molecule has 0 N–H and O–H groups in total. The van der Waals surface area contributed by atoms with Gasteiger partial charge < -0.3 is 14.5 Å². The molecule has 0 bridgehead atoms. The molecule has 3 saturated heterocycles. The van der Waals surface area contributed by atoms with E-state index < -0.39 is 0 Å². The minimum atomic E-state index is -0.187. The van der Waals surface area contributed by atoms with Crippen molar-refractivity contribution in [1.82, 2.24) is 14.7 Å². The molecule has 0 saturated carbocycles. The molecule has 3 aliphatic heterocycles. The zero-order valence-electron chi connectivity index (χ0n) is 15.9. The quantitative estimate of drug-likeness (QED) is 0.828. The average molecular weight is 357 g/mol. The van der Waals surface area contributed by atoms with E-state index in [0.29, 0.717) is 0 Å². The summed E-state index contributed by atoms with van der Waals surface area (Å²) in [5, 5.41) is 0. The smallest absolute Gasteiger partial charge is 0.251 e. The summed E-state index contributed by atoms with van der Waals surface area (Å²) in [7, 11) is 2.22. The molecule has 1 aromatic rings. The van der Waals surface area contributed by atoms with Crippen LogP contribution in [-0.2, 0) is 15.1 Å². The molecule has 3 aliphatic rings. The number of likely N-dealkylation sites (tertiary alicyclic amines) is 1. The van der Waals surface area contributed by atoms with Gasteiger partial charge in [-0.25, -0.2) is 0 Å². The van der Waals surface area contributed by atoms with E-state index >= 15 is 0 Å². The van der Waals surface area contributed by atoms with Gasteiger partial charge in [0.15, 0.2) is 0 Å².